The lowest BCUT2D eigenvalue weighted by Gasteiger charge is -2.36. The first-order valence-electron chi connectivity index (χ1n) is 17.0. The predicted molar refractivity (Wildman–Crippen MR) is 179 cm³/mol. The molecule has 0 radical (unpaired) electrons. The first kappa shape index (κ1) is 36.4. The normalized spacial score (nSPS) is 20.9. The van der Waals surface area contributed by atoms with Gasteiger partial charge in [0.05, 0.1) is 27.3 Å². The number of hydrogen-bond donors (Lipinski definition) is 2. The van der Waals surface area contributed by atoms with Crippen LogP contribution in [0.2, 0.25) is 0 Å². The lowest BCUT2D eigenvalue weighted by atomic mass is 10.0. The number of nitrogens with zero attached hydrogens (tertiary/aromatic N) is 6. The molecule has 14 nitrogen and oxygen atoms in total. The van der Waals surface area contributed by atoms with Gasteiger partial charge in [0.1, 0.15) is 11.9 Å². The zero-order valence-corrected chi connectivity index (χ0v) is 28.9. The largest absolute Gasteiger partial charge is 0.419 e. The first-order valence-corrected chi connectivity index (χ1v) is 18.4. The third kappa shape index (κ3) is 7.32. The summed E-state index contributed by atoms with van der Waals surface area (Å²) in [6.07, 6.45) is -2.38. The monoisotopic (exact) mass is 758 g/mol. The van der Waals surface area contributed by atoms with Gasteiger partial charge >= 0.3 is 6.18 Å². The van der Waals surface area contributed by atoms with Crippen LogP contribution in [0.1, 0.15) is 57.5 Å². The van der Waals surface area contributed by atoms with Crippen LogP contribution in [0.15, 0.2) is 53.7 Å². The fourth-order valence-corrected chi connectivity index (χ4v) is 8.59. The topological polar surface area (TPSA) is 165 Å². The maximum atomic E-state index is 15.4. The Morgan fingerprint density at radius 1 is 0.868 bits per heavy atom. The van der Waals surface area contributed by atoms with E-state index in [0.29, 0.717) is 58.0 Å². The van der Waals surface area contributed by atoms with E-state index >= 15 is 4.39 Å². The zero-order chi connectivity index (χ0) is 37.7. The van der Waals surface area contributed by atoms with Crippen molar-refractivity contribution >= 4 is 45.3 Å². The number of halogens is 4. The number of piperazine rings is 1. The third-order valence-corrected chi connectivity index (χ3v) is 11.8. The van der Waals surface area contributed by atoms with E-state index in [1.807, 2.05) is 6.07 Å². The summed E-state index contributed by atoms with van der Waals surface area (Å²) >= 11 is 0. The van der Waals surface area contributed by atoms with Gasteiger partial charge in [-0.05, 0) is 49.1 Å². The predicted octanol–water partition coefficient (Wildman–Crippen LogP) is 2.62. The number of rotatable bonds is 8. The SMILES string of the molecule is O=C1CCC(N2C(=O)c3cc(F)c(N4CCN(Cc5cccc(S(=O)(=O)N6CCC(Nc7ncc(C(F)(F)F)cn7)CC6)c5)CC4)cc3C2=O)C(=O)N1. The van der Waals surface area contributed by atoms with Crippen molar-refractivity contribution in [2.75, 3.05) is 49.5 Å². The molecule has 3 aromatic rings. The number of imide groups is 2. The highest BCUT2D eigenvalue weighted by atomic mass is 32.2. The number of benzene rings is 2. The molecule has 53 heavy (non-hydrogen) atoms. The maximum Gasteiger partial charge on any atom is 0.419 e. The highest BCUT2D eigenvalue weighted by Gasteiger charge is 2.45. The number of nitrogens with one attached hydrogen (secondary N) is 2. The van der Waals surface area contributed by atoms with E-state index in [9.17, 15) is 40.8 Å². The molecule has 2 N–H and O–H groups in total. The van der Waals surface area contributed by atoms with Gasteiger partial charge in [0, 0.05) is 70.7 Å². The smallest absolute Gasteiger partial charge is 0.367 e. The summed E-state index contributed by atoms with van der Waals surface area (Å²) in [4.78, 5) is 62.5. The molecule has 4 aliphatic rings. The van der Waals surface area contributed by atoms with Crippen LogP contribution in [-0.2, 0) is 32.3 Å². The molecule has 19 heteroatoms. The van der Waals surface area contributed by atoms with Crippen LogP contribution in [0.3, 0.4) is 0 Å². The molecule has 0 spiro atoms. The van der Waals surface area contributed by atoms with E-state index in [2.05, 4.69) is 25.5 Å². The molecule has 1 atom stereocenters. The molecule has 7 rings (SSSR count). The van der Waals surface area contributed by atoms with E-state index < -0.39 is 57.3 Å². The van der Waals surface area contributed by atoms with E-state index in [1.165, 1.54) is 16.4 Å². The Balaban J connectivity index is 0.938. The summed E-state index contributed by atoms with van der Waals surface area (Å²) in [6, 6.07) is 7.62. The molecule has 1 unspecified atom stereocenters. The number of anilines is 2. The van der Waals surface area contributed by atoms with Gasteiger partial charge in [-0.1, -0.05) is 12.1 Å². The number of amides is 4. The van der Waals surface area contributed by atoms with Crippen LogP contribution in [0.4, 0.5) is 29.2 Å². The van der Waals surface area contributed by atoms with Crippen molar-refractivity contribution in [1.29, 1.82) is 0 Å². The minimum absolute atomic E-state index is 0.00795. The van der Waals surface area contributed by atoms with E-state index in [4.69, 9.17) is 0 Å². The van der Waals surface area contributed by atoms with Crippen molar-refractivity contribution in [3.8, 4) is 0 Å². The Morgan fingerprint density at radius 3 is 2.17 bits per heavy atom. The van der Waals surface area contributed by atoms with Crippen molar-refractivity contribution in [1.82, 2.24) is 29.4 Å². The maximum absolute atomic E-state index is 15.4. The number of fused-ring (bicyclic) bond motifs is 1. The lowest BCUT2D eigenvalue weighted by Crippen LogP contribution is -2.54. The van der Waals surface area contributed by atoms with Crippen LogP contribution >= 0.6 is 0 Å². The summed E-state index contributed by atoms with van der Waals surface area (Å²) in [5.74, 6) is -3.39. The summed E-state index contributed by atoms with van der Waals surface area (Å²) in [7, 11) is -3.83. The second-order valence-corrected chi connectivity index (χ2v) is 15.3. The highest BCUT2D eigenvalue weighted by Crippen LogP contribution is 2.34. The quantitative estimate of drug-likeness (QED) is 0.256. The molecule has 0 aliphatic carbocycles. The minimum atomic E-state index is -4.55. The number of carbonyl (C=O) groups excluding carboxylic acids is 4. The van der Waals surface area contributed by atoms with Gasteiger partial charge in [0.15, 0.2) is 0 Å². The van der Waals surface area contributed by atoms with Crippen molar-refractivity contribution in [3.05, 3.63) is 76.9 Å². The summed E-state index contributed by atoms with van der Waals surface area (Å²) in [5.41, 5.74) is -0.195. The second kappa shape index (κ2) is 14.1. The Labute approximate surface area is 301 Å². The Hall–Kier alpha value is -5.01. The number of sulfonamides is 1. The van der Waals surface area contributed by atoms with Crippen molar-refractivity contribution in [2.24, 2.45) is 0 Å². The zero-order valence-electron chi connectivity index (χ0n) is 28.1. The van der Waals surface area contributed by atoms with Gasteiger partial charge < -0.3 is 10.2 Å². The summed E-state index contributed by atoms with van der Waals surface area (Å²) in [6.45, 7) is 2.57. The molecule has 280 valence electrons. The standard InChI is InChI=1S/C34H34F4N8O6S/c35-26-15-24-25(32(50)46(31(24)49)27-4-5-29(47)42-30(27)48)16-28(26)44-12-10-43(11-13-44)19-20-2-1-3-23(14-20)53(51,52)45-8-6-22(7-9-45)41-33-39-17-21(18-40-33)34(36,37)38/h1-3,14-18,22,27H,4-13,19H2,(H,39,40,41)(H,42,47,48). The summed E-state index contributed by atoms with van der Waals surface area (Å²) in [5, 5.41) is 5.12. The first-order chi connectivity index (χ1) is 25.2. The summed E-state index contributed by atoms with van der Waals surface area (Å²) < 4.78 is 82.3. The number of hydrogen-bond acceptors (Lipinski definition) is 11. The van der Waals surface area contributed by atoms with E-state index in [0.717, 1.165) is 16.5 Å². The van der Waals surface area contributed by atoms with Gasteiger partial charge in [-0.2, -0.15) is 17.5 Å². The number of piperidine rings is 2. The Kier molecular flexibility index (Phi) is 9.66. The average Bonchev–Trinajstić information content (AvgIpc) is 3.36. The Morgan fingerprint density at radius 2 is 1.53 bits per heavy atom. The Bertz CT molecular complexity index is 2070. The number of aromatic nitrogens is 2. The minimum Gasteiger partial charge on any atom is -0.367 e. The molecule has 3 fully saturated rings. The van der Waals surface area contributed by atoms with Crippen LogP contribution < -0.4 is 15.5 Å². The molecule has 0 bridgehead atoms. The second-order valence-electron chi connectivity index (χ2n) is 13.3. The molecule has 3 saturated heterocycles. The number of alkyl halides is 3. The highest BCUT2D eigenvalue weighted by molar-refractivity contribution is 7.89. The van der Waals surface area contributed by atoms with Crippen molar-refractivity contribution in [2.45, 2.75) is 55.4 Å². The third-order valence-electron chi connectivity index (χ3n) is 9.93. The van der Waals surface area contributed by atoms with Crippen molar-refractivity contribution in [3.63, 3.8) is 0 Å². The number of carbonyl (C=O) groups is 4. The molecule has 0 saturated carbocycles. The van der Waals surface area contributed by atoms with Crippen LogP contribution in [-0.4, -0.2) is 107 Å². The fourth-order valence-electron chi connectivity index (χ4n) is 7.05. The van der Waals surface area contributed by atoms with Crippen LogP contribution in [0.25, 0.3) is 0 Å². The van der Waals surface area contributed by atoms with Crippen LogP contribution in [0.5, 0.6) is 0 Å². The molecular formula is C34H34F4N8O6S. The molecule has 2 aromatic carbocycles. The van der Waals surface area contributed by atoms with Crippen molar-refractivity contribution < 1.29 is 45.2 Å². The molecule has 4 amide bonds. The van der Waals surface area contributed by atoms with Gasteiger partial charge in [0.25, 0.3) is 11.8 Å². The molecule has 1 aromatic heterocycles. The molecule has 4 aliphatic heterocycles. The lowest BCUT2D eigenvalue weighted by molar-refractivity contribution is -0.138. The average molecular weight is 759 g/mol. The fraction of sp³-hybridized carbons (Fsp3) is 0.412. The van der Waals surface area contributed by atoms with Gasteiger partial charge in [-0.15, -0.1) is 0 Å². The molecule has 5 heterocycles. The van der Waals surface area contributed by atoms with Gasteiger partial charge in [-0.3, -0.25) is 34.3 Å². The molecular weight excluding hydrogens is 724 g/mol. The van der Waals surface area contributed by atoms with Gasteiger partial charge in [0.2, 0.25) is 27.8 Å². The van der Waals surface area contributed by atoms with E-state index in [1.54, 1.807) is 17.0 Å². The van der Waals surface area contributed by atoms with Crippen LogP contribution in [0, 0.1) is 5.82 Å². The van der Waals surface area contributed by atoms with E-state index in [-0.39, 0.29) is 59.6 Å². The van der Waals surface area contributed by atoms with Gasteiger partial charge in [-0.25, -0.2) is 22.8 Å².